The number of rotatable bonds is 3. The highest BCUT2D eigenvalue weighted by atomic mass is 32.2. The molecule has 1 aromatic carbocycles. The van der Waals surface area contributed by atoms with Gasteiger partial charge in [-0.05, 0) is 38.0 Å². The molecule has 0 aliphatic heterocycles. The van der Waals surface area contributed by atoms with Gasteiger partial charge in [0.15, 0.2) is 0 Å². The van der Waals surface area contributed by atoms with Crippen LogP contribution in [0.25, 0.3) is 0 Å². The third kappa shape index (κ3) is 2.78. The Bertz CT molecular complexity index is 717. The second-order valence-corrected chi connectivity index (χ2v) is 6.33. The molecule has 0 unspecified atom stereocenters. The van der Waals surface area contributed by atoms with Crippen molar-refractivity contribution in [3.63, 3.8) is 0 Å². The molecule has 2 rings (SSSR count). The van der Waals surface area contributed by atoms with Gasteiger partial charge in [-0.15, -0.1) is 0 Å². The zero-order valence-electron chi connectivity index (χ0n) is 11.4. The summed E-state index contributed by atoms with van der Waals surface area (Å²) in [6, 6.07) is 5.37. The third-order valence-corrected chi connectivity index (χ3v) is 4.40. The van der Waals surface area contributed by atoms with Crippen LogP contribution < -0.4 is 4.72 Å². The topological polar surface area (TPSA) is 64.0 Å². The average Bonchev–Trinajstić information content (AvgIpc) is 2.60. The van der Waals surface area contributed by atoms with Gasteiger partial charge in [-0.1, -0.05) is 12.1 Å². The van der Waals surface area contributed by atoms with Crippen LogP contribution in [0.15, 0.2) is 29.3 Å². The maximum atomic E-state index is 12.4. The lowest BCUT2D eigenvalue weighted by molar-refractivity contribution is 0.600. The van der Waals surface area contributed by atoms with E-state index < -0.39 is 10.0 Å². The maximum Gasteiger partial charge on any atom is 0.262 e. The Labute approximate surface area is 113 Å². The van der Waals surface area contributed by atoms with Crippen LogP contribution in [0.2, 0.25) is 0 Å². The van der Waals surface area contributed by atoms with Crippen molar-refractivity contribution in [3.05, 3.63) is 41.2 Å². The summed E-state index contributed by atoms with van der Waals surface area (Å²) in [6.07, 6.45) is 1.65. The molecule has 6 heteroatoms. The first-order chi connectivity index (χ1) is 8.79. The summed E-state index contributed by atoms with van der Waals surface area (Å²) in [7, 11) is -1.83. The normalized spacial score (nSPS) is 11.6. The fourth-order valence-corrected chi connectivity index (χ4v) is 3.33. The summed E-state index contributed by atoms with van der Waals surface area (Å²) in [5.41, 5.74) is 2.79. The molecule has 0 radical (unpaired) electrons. The summed E-state index contributed by atoms with van der Waals surface area (Å²) in [6.45, 7) is 5.42. The molecule has 1 N–H and O–H groups in total. The Morgan fingerprint density at radius 2 is 1.89 bits per heavy atom. The highest BCUT2D eigenvalue weighted by Crippen LogP contribution is 2.21. The third-order valence-electron chi connectivity index (χ3n) is 2.89. The summed E-state index contributed by atoms with van der Waals surface area (Å²) in [5, 5.41) is 4.12. The maximum absolute atomic E-state index is 12.4. The Morgan fingerprint density at radius 3 is 2.47 bits per heavy atom. The van der Waals surface area contributed by atoms with Crippen LogP contribution in [0.5, 0.6) is 0 Å². The van der Waals surface area contributed by atoms with Crippen LogP contribution in [-0.2, 0) is 17.1 Å². The largest absolute Gasteiger partial charge is 0.276 e. The predicted molar refractivity (Wildman–Crippen MR) is 74.7 cm³/mol. The Kier molecular flexibility index (Phi) is 3.36. The molecule has 2 aromatic rings. The number of benzene rings is 1. The van der Waals surface area contributed by atoms with E-state index in [-0.39, 0.29) is 0 Å². The SMILES string of the molecule is Cc1ccc(C)c(S(=O)(=O)Nc2cn(C)nc2C)c1. The summed E-state index contributed by atoms with van der Waals surface area (Å²) in [5.74, 6) is 0. The first-order valence-electron chi connectivity index (χ1n) is 5.90. The number of aryl methyl sites for hydroxylation is 4. The number of hydrogen-bond acceptors (Lipinski definition) is 3. The van der Waals surface area contributed by atoms with Gasteiger partial charge >= 0.3 is 0 Å². The quantitative estimate of drug-likeness (QED) is 0.936. The van der Waals surface area contributed by atoms with Crippen LogP contribution in [0.3, 0.4) is 0 Å². The molecule has 0 atom stereocenters. The first kappa shape index (κ1) is 13.6. The first-order valence-corrected chi connectivity index (χ1v) is 7.38. The number of sulfonamides is 1. The van der Waals surface area contributed by atoms with E-state index in [0.29, 0.717) is 16.3 Å². The number of nitrogens with one attached hydrogen (secondary N) is 1. The van der Waals surface area contributed by atoms with E-state index in [9.17, 15) is 8.42 Å². The second-order valence-electron chi connectivity index (χ2n) is 4.68. The summed E-state index contributed by atoms with van der Waals surface area (Å²) < 4.78 is 28.9. The molecule has 5 nitrogen and oxygen atoms in total. The Balaban J connectivity index is 2.43. The lowest BCUT2D eigenvalue weighted by Crippen LogP contribution is -2.14. The molecule has 0 aliphatic carbocycles. The van der Waals surface area contributed by atoms with Crippen LogP contribution in [0, 0.1) is 20.8 Å². The van der Waals surface area contributed by atoms with Crippen molar-refractivity contribution in [3.8, 4) is 0 Å². The predicted octanol–water partition coefficient (Wildman–Crippen LogP) is 2.15. The van der Waals surface area contributed by atoms with E-state index in [1.54, 1.807) is 43.9 Å². The van der Waals surface area contributed by atoms with E-state index >= 15 is 0 Å². The van der Waals surface area contributed by atoms with Gasteiger partial charge in [0.05, 0.1) is 16.3 Å². The van der Waals surface area contributed by atoms with E-state index in [0.717, 1.165) is 11.1 Å². The molecule has 1 heterocycles. The lowest BCUT2D eigenvalue weighted by Gasteiger charge is -2.10. The van der Waals surface area contributed by atoms with Gasteiger partial charge in [-0.3, -0.25) is 9.40 Å². The fraction of sp³-hybridized carbons (Fsp3) is 0.308. The molecule has 0 fully saturated rings. The second kappa shape index (κ2) is 4.70. The van der Waals surface area contributed by atoms with Crippen molar-refractivity contribution in [2.45, 2.75) is 25.7 Å². The minimum absolute atomic E-state index is 0.302. The van der Waals surface area contributed by atoms with Crippen molar-refractivity contribution in [2.24, 2.45) is 7.05 Å². The lowest BCUT2D eigenvalue weighted by atomic mass is 10.2. The van der Waals surface area contributed by atoms with E-state index in [1.165, 1.54) is 0 Å². The van der Waals surface area contributed by atoms with Crippen LogP contribution in [0.1, 0.15) is 16.8 Å². The van der Waals surface area contributed by atoms with Crippen molar-refractivity contribution in [1.29, 1.82) is 0 Å². The molecule has 19 heavy (non-hydrogen) atoms. The van der Waals surface area contributed by atoms with Gasteiger partial charge in [-0.25, -0.2) is 8.42 Å². The molecule has 1 aromatic heterocycles. The number of anilines is 1. The summed E-state index contributed by atoms with van der Waals surface area (Å²) in [4.78, 5) is 0.302. The minimum atomic E-state index is -3.58. The van der Waals surface area contributed by atoms with Gasteiger partial charge in [-0.2, -0.15) is 5.10 Å². The van der Waals surface area contributed by atoms with Gasteiger partial charge in [0.2, 0.25) is 0 Å². The molecule has 0 aliphatic rings. The molecular weight excluding hydrogens is 262 g/mol. The van der Waals surface area contributed by atoms with Gasteiger partial charge in [0.25, 0.3) is 10.0 Å². The highest BCUT2D eigenvalue weighted by molar-refractivity contribution is 7.92. The zero-order chi connectivity index (χ0) is 14.2. The van der Waals surface area contributed by atoms with Gasteiger partial charge in [0, 0.05) is 13.2 Å². The van der Waals surface area contributed by atoms with Crippen molar-refractivity contribution in [1.82, 2.24) is 9.78 Å². The molecule has 0 spiro atoms. The van der Waals surface area contributed by atoms with Crippen molar-refractivity contribution >= 4 is 15.7 Å². The Hall–Kier alpha value is -1.82. The molecule has 102 valence electrons. The standard InChI is InChI=1S/C13H17N3O2S/c1-9-5-6-10(2)13(7-9)19(17,18)15-12-8-16(4)14-11(12)3/h5-8,15H,1-4H3. The van der Waals surface area contributed by atoms with E-state index in [1.807, 2.05) is 13.0 Å². The van der Waals surface area contributed by atoms with E-state index in [2.05, 4.69) is 9.82 Å². The van der Waals surface area contributed by atoms with E-state index in [4.69, 9.17) is 0 Å². The molecule has 0 amide bonds. The number of nitrogens with zero attached hydrogens (tertiary/aromatic N) is 2. The van der Waals surface area contributed by atoms with Crippen molar-refractivity contribution in [2.75, 3.05) is 4.72 Å². The highest BCUT2D eigenvalue weighted by Gasteiger charge is 2.19. The summed E-state index contributed by atoms with van der Waals surface area (Å²) >= 11 is 0. The fourth-order valence-electron chi connectivity index (χ4n) is 1.90. The number of aromatic nitrogens is 2. The monoisotopic (exact) mass is 279 g/mol. The van der Waals surface area contributed by atoms with Gasteiger partial charge in [0.1, 0.15) is 0 Å². The average molecular weight is 279 g/mol. The molecule has 0 saturated carbocycles. The molecule has 0 saturated heterocycles. The molecular formula is C13H17N3O2S. The van der Waals surface area contributed by atoms with Crippen LogP contribution in [-0.4, -0.2) is 18.2 Å². The minimum Gasteiger partial charge on any atom is -0.276 e. The molecule has 0 bridgehead atoms. The van der Waals surface area contributed by atoms with Crippen LogP contribution >= 0.6 is 0 Å². The zero-order valence-corrected chi connectivity index (χ0v) is 12.2. The smallest absolute Gasteiger partial charge is 0.262 e. The Morgan fingerprint density at radius 1 is 1.21 bits per heavy atom. The van der Waals surface area contributed by atoms with Crippen LogP contribution in [0.4, 0.5) is 5.69 Å². The van der Waals surface area contributed by atoms with Crippen molar-refractivity contribution < 1.29 is 8.42 Å². The number of hydrogen-bond donors (Lipinski definition) is 1. The van der Waals surface area contributed by atoms with Gasteiger partial charge < -0.3 is 0 Å².